The standard InChI is InChI=1S/C13H13ClN2O2/c14-11-4-2-1-3-9(11)7-12-15-8-10(16-12)5-6-13(17)18/h1-4,8H,5-7H2,(H,15,16)(H,17,18). The van der Waals surface area contributed by atoms with Gasteiger partial charge in [-0.2, -0.15) is 0 Å². The average Bonchev–Trinajstić information content (AvgIpc) is 2.77. The fourth-order valence-electron chi connectivity index (χ4n) is 1.69. The van der Waals surface area contributed by atoms with Crippen LogP contribution in [0, 0.1) is 0 Å². The molecule has 2 aromatic rings. The van der Waals surface area contributed by atoms with E-state index in [0.717, 1.165) is 17.1 Å². The summed E-state index contributed by atoms with van der Waals surface area (Å²) >= 11 is 6.06. The number of aromatic amines is 1. The molecule has 2 rings (SSSR count). The van der Waals surface area contributed by atoms with Gasteiger partial charge in [-0.3, -0.25) is 4.79 Å². The summed E-state index contributed by atoms with van der Waals surface area (Å²) in [6, 6.07) is 7.59. The molecule has 0 spiro atoms. The second-order valence-electron chi connectivity index (χ2n) is 4.02. The first kappa shape index (κ1) is 12.6. The maximum atomic E-state index is 10.5. The molecule has 0 aliphatic heterocycles. The van der Waals surface area contributed by atoms with Crippen molar-refractivity contribution in [3.63, 3.8) is 0 Å². The van der Waals surface area contributed by atoms with E-state index in [1.807, 2.05) is 24.3 Å². The number of H-pyrrole nitrogens is 1. The van der Waals surface area contributed by atoms with Gasteiger partial charge >= 0.3 is 5.97 Å². The van der Waals surface area contributed by atoms with Crippen LogP contribution in [0.5, 0.6) is 0 Å². The Morgan fingerprint density at radius 1 is 1.39 bits per heavy atom. The largest absolute Gasteiger partial charge is 0.481 e. The summed E-state index contributed by atoms with van der Waals surface area (Å²) in [4.78, 5) is 17.8. The maximum absolute atomic E-state index is 10.5. The van der Waals surface area contributed by atoms with Crippen molar-refractivity contribution in [2.24, 2.45) is 0 Å². The molecule has 0 fully saturated rings. The molecule has 4 nitrogen and oxygen atoms in total. The molecular formula is C13H13ClN2O2. The average molecular weight is 265 g/mol. The van der Waals surface area contributed by atoms with Crippen molar-refractivity contribution in [3.8, 4) is 0 Å². The van der Waals surface area contributed by atoms with Crippen LogP contribution in [0.25, 0.3) is 0 Å². The van der Waals surface area contributed by atoms with Crippen molar-refractivity contribution >= 4 is 17.6 Å². The molecule has 0 saturated heterocycles. The normalized spacial score (nSPS) is 10.5. The summed E-state index contributed by atoms with van der Waals surface area (Å²) in [5, 5.41) is 9.31. The van der Waals surface area contributed by atoms with Crippen LogP contribution in [0.15, 0.2) is 30.5 Å². The van der Waals surface area contributed by atoms with Gasteiger partial charge in [0.25, 0.3) is 0 Å². The van der Waals surface area contributed by atoms with Crippen molar-refractivity contribution in [3.05, 3.63) is 52.6 Å². The highest BCUT2D eigenvalue weighted by atomic mass is 35.5. The number of carboxylic acid groups (broad SMARTS) is 1. The Morgan fingerprint density at radius 2 is 2.17 bits per heavy atom. The van der Waals surface area contributed by atoms with E-state index >= 15 is 0 Å². The summed E-state index contributed by atoms with van der Waals surface area (Å²) in [7, 11) is 0. The second kappa shape index (κ2) is 5.69. The summed E-state index contributed by atoms with van der Waals surface area (Å²) in [6.07, 6.45) is 2.86. The number of nitrogens with one attached hydrogen (secondary N) is 1. The fourth-order valence-corrected chi connectivity index (χ4v) is 1.89. The molecule has 0 amide bonds. The molecule has 1 aromatic carbocycles. The molecule has 18 heavy (non-hydrogen) atoms. The third kappa shape index (κ3) is 3.34. The lowest BCUT2D eigenvalue weighted by molar-refractivity contribution is -0.136. The van der Waals surface area contributed by atoms with Crippen molar-refractivity contribution in [1.29, 1.82) is 0 Å². The van der Waals surface area contributed by atoms with Crippen LogP contribution < -0.4 is 0 Å². The Bertz CT molecular complexity index is 551. The number of halogens is 1. The third-order valence-corrected chi connectivity index (χ3v) is 2.97. The molecule has 2 N–H and O–H groups in total. The summed E-state index contributed by atoms with van der Waals surface area (Å²) in [5.74, 6) is -0.0132. The second-order valence-corrected chi connectivity index (χ2v) is 4.42. The quantitative estimate of drug-likeness (QED) is 0.873. The molecule has 0 unspecified atom stereocenters. The lowest BCUT2D eigenvalue weighted by Gasteiger charge is -2.01. The minimum atomic E-state index is -0.808. The van der Waals surface area contributed by atoms with E-state index in [0.29, 0.717) is 17.9 Å². The molecule has 0 saturated carbocycles. The molecule has 1 aromatic heterocycles. The van der Waals surface area contributed by atoms with Gasteiger partial charge in [0.15, 0.2) is 0 Å². The van der Waals surface area contributed by atoms with Gasteiger partial charge in [-0.25, -0.2) is 4.98 Å². The zero-order valence-corrected chi connectivity index (χ0v) is 10.4. The van der Waals surface area contributed by atoms with Gasteiger partial charge in [0, 0.05) is 23.3 Å². The Labute approximate surface area is 110 Å². The number of aliphatic carboxylic acids is 1. The first-order chi connectivity index (χ1) is 8.65. The molecule has 0 aliphatic rings. The fraction of sp³-hybridized carbons (Fsp3) is 0.231. The van der Waals surface area contributed by atoms with Crippen LogP contribution in [0.2, 0.25) is 5.02 Å². The monoisotopic (exact) mass is 264 g/mol. The number of hydrogen-bond acceptors (Lipinski definition) is 2. The van der Waals surface area contributed by atoms with Crippen LogP contribution in [0.3, 0.4) is 0 Å². The number of aromatic nitrogens is 2. The van der Waals surface area contributed by atoms with E-state index in [9.17, 15) is 4.79 Å². The van der Waals surface area contributed by atoms with Gasteiger partial charge in [0.2, 0.25) is 0 Å². The van der Waals surface area contributed by atoms with Crippen molar-refractivity contribution in [2.45, 2.75) is 19.3 Å². The molecular weight excluding hydrogens is 252 g/mol. The number of imidazole rings is 1. The molecule has 0 aliphatic carbocycles. The number of aryl methyl sites for hydroxylation is 1. The Morgan fingerprint density at radius 3 is 2.89 bits per heavy atom. The predicted octanol–water partition coefficient (Wildman–Crippen LogP) is 2.67. The molecule has 0 radical (unpaired) electrons. The van der Waals surface area contributed by atoms with E-state index in [4.69, 9.17) is 16.7 Å². The van der Waals surface area contributed by atoms with Crippen molar-refractivity contribution < 1.29 is 9.90 Å². The van der Waals surface area contributed by atoms with Crippen molar-refractivity contribution in [1.82, 2.24) is 9.97 Å². The summed E-state index contributed by atoms with van der Waals surface area (Å²) < 4.78 is 0. The van der Waals surface area contributed by atoms with Gasteiger partial charge in [0.1, 0.15) is 5.82 Å². The summed E-state index contributed by atoms with van der Waals surface area (Å²) in [6.45, 7) is 0. The smallest absolute Gasteiger partial charge is 0.303 e. The molecule has 0 bridgehead atoms. The first-order valence-electron chi connectivity index (χ1n) is 5.63. The first-order valence-corrected chi connectivity index (χ1v) is 6.01. The van der Waals surface area contributed by atoms with Gasteiger partial charge in [-0.1, -0.05) is 29.8 Å². The van der Waals surface area contributed by atoms with Gasteiger partial charge < -0.3 is 10.1 Å². The van der Waals surface area contributed by atoms with Gasteiger partial charge in [0.05, 0.1) is 6.42 Å². The Kier molecular flexibility index (Phi) is 3.99. The zero-order chi connectivity index (χ0) is 13.0. The van der Waals surface area contributed by atoms with E-state index in [1.54, 1.807) is 6.20 Å². The summed E-state index contributed by atoms with van der Waals surface area (Å²) in [5.41, 5.74) is 1.83. The number of rotatable bonds is 5. The number of carbonyl (C=O) groups is 1. The predicted molar refractivity (Wildman–Crippen MR) is 68.8 cm³/mol. The highest BCUT2D eigenvalue weighted by Crippen LogP contribution is 2.17. The topological polar surface area (TPSA) is 66.0 Å². The molecule has 0 atom stereocenters. The van der Waals surface area contributed by atoms with Crippen LogP contribution in [-0.2, 0) is 17.6 Å². The van der Waals surface area contributed by atoms with Crippen molar-refractivity contribution in [2.75, 3.05) is 0 Å². The van der Waals surface area contributed by atoms with E-state index in [-0.39, 0.29) is 6.42 Å². The number of nitrogens with zero attached hydrogens (tertiary/aromatic N) is 1. The highest BCUT2D eigenvalue weighted by molar-refractivity contribution is 6.31. The van der Waals surface area contributed by atoms with E-state index < -0.39 is 5.97 Å². The highest BCUT2D eigenvalue weighted by Gasteiger charge is 2.06. The zero-order valence-electron chi connectivity index (χ0n) is 9.69. The van der Waals surface area contributed by atoms with Crippen LogP contribution in [0.4, 0.5) is 0 Å². The minimum absolute atomic E-state index is 0.105. The number of hydrogen-bond donors (Lipinski definition) is 2. The van der Waals surface area contributed by atoms with Crippen LogP contribution in [0.1, 0.15) is 23.5 Å². The number of carboxylic acids is 1. The van der Waals surface area contributed by atoms with Crippen LogP contribution >= 0.6 is 11.6 Å². The lowest BCUT2D eigenvalue weighted by Crippen LogP contribution is -1.98. The third-order valence-electron chi connectivity index (χ3n) is 2.61. The lowest BCUT2D eigenvalue weighted by atomic mass is 10.1. The SMILES string of the molecule is O=C(O)CCc1cnc(Cc2ccccc2Cl)[nH]1. The van der Waals surface area contributed by atoms with Gasteiger partial charge in [-0.15, -0.1) is 0 Å². The Balaban J connectivity index is 2.02. The molecule has 94 valence electrons. The maximum Gasteiger partial charge on any atom is 0.303 e. The van der Waals surface area contributed by atoms with E-state index in [2.05, 4.69) is 9.97 Å². The molecule has 1 heterocycles. The van der Waals surface area contributed by atoms with Crippen LogP contribution in [-0.4, -0.2) is 21.0 Å². The van der Waals surface area contributed by atoms with Gasteiger partial charge in [-0.05, 0) is 18.1 Å². The van der Waals surface area contributed by atoms with E-state index in [1.165, 1.54) is 0 Å². The molecule has 5 heteroatoms. The number of benzene rings is 1. The minimum Gasteiger partial charge on any atom is -0.481 e. The Hall–Kier alpha value is -1.81.